The van der Waals surface area contributed by atoms with Crippen LogP contribution in [0.4, 0.5) is 9.18 Å². The standard InChI is InChI=1S/C10H9FN2O2/c1-13(7-6-12)10(14)15-9-4-2-8(11)3-5-9/h2-5H,7H2,1H3. The molecular weight excluding hydrogens is 199 g/mol. The summed E-state index contributed by atoms with van der Waals surface area (Å²) in [6.07, 6.45) is -0.650. The predicted molar refractivity (Wildman–Crippen MR) is 50.7 cm³/mol. The van der Waals surface area contributed by atoms with Crippen LogP contribution in [0.15, 0.2) is 24.3 Å². The fraction of sp³-hybridized carbons (Fsp3) is 0.200. The number of benzene rings is 1. The maximum Gasteiger partial charge on any atom is 0.415 e. The summed E-state index contributed by atoms with van der Waals surface area (Å²) in [6, 6.07) is 6.86. The minimum Gasteiger partial charge on any atom is -0.410 e. The van der Waals surface area contributed by atoms with E-state index in [1.807, 2.05) is 6.07 Å². The number of hydrogen-bond donors (Lipinski definition) is 0. The molecule has 1 rings (SSSR count). The van der Waals surface area contributed by atoms with Gasteiger partial charge in [-0.25, -0.2) is 9.18 Å². The Bertz CT molecular complexity index is 383. The van der Waals surface area contributed by atoms with Crippen molar-refractivity contribution in [3.63, 3.8) is 0 Å². The molecule has 0 aromatic heterocycles. The molecule has 0 aliphatic carbocycles. The van der Waals surface area contributed by atoms with Gasteiger partial charge in [0.25, 0.3) is 0 Å². The van der Waals surface area contributed by atoms with Gasteiger partial charge in [-0.05, 0) is 24.3 Å². The number of hydrogen-bond acceptors (Lipinski definition) is 3. The van der Waals surface area contributed by atoms with E-state index in [1.54, 1.807) is 0 Å². The van der Waals surface area contributed by atoms with Gasteiger partial charge in [-0.2, -0.15) is 5.26 Å². The first-order chi connectivity index (χ1) is 7.13. The molecule has 78 valence electrons. The zero-order valence-corrected chi connectivity index (χ0v) is 8.11. The number of nitrogens with zero attached hydrogens (tertiary/aromatic N) is 2. The van der Waals surface area contributed by atoms with E-state index in [2.05, 4.69) is 0 Å². The van der Waals surface area contributed by atoms with Crippen molar-refractivity contribution >= 4 is 6.09 Å². The molecule has 15 heavy (non-hydrogen) atoms. The maximum absolute atomic E-state index is 12.5. The van der Waals surface area contributed by atoms with Gasteiger partial charge in [-0.15, -0.1) is 0 Å². The topological polar surface area (TPSA) is 53.3 Å². The van der Waals surface area contributed by atoms with Crippen molar-refractivity contribution in [3.05, 3.63) is 30.1 Å². The number of amides is 1. The summed E-state index contributed by atoms with van der Waals surface area (Å²) >= 11 is 0. The first-order valence-electron chi connectivity index (χ1n) is 4.19. The zero-order valence-electron chi connectivity index (χ0n) is 8.11. The van der Waals surface area contributed by atoms with Crippen LogP contribution in [0.5, 0.6) is 5.75 Å². The van der Waals surface area contributed by atoms with E-state index in [-0.39, 0.29) is 12.3 Å². The highest BCUT2D eigenvalue weighted by Crippen LogP contribution is 2.11. The van der Waals surface area contributed by atoms with E-state index >= 15 is 0 Å². The van der Waals surface area contributed by atoms with Gasteiger partial charge in [0.15, 0.2) is 0 Å². The van der Waals surface area contributed by atoms with Crippen molar-refractivity contribution in [3.8, 4) is 11.8 Å². The normalized spacial score (nSPS) is 9.13. The van der Waals surface area contributed by atoms with Crippen molar-refractivity contribution in [1.82, 2.24) is 4.90 Å². The van der Waals surface area contributed by atoms with Crippen LogP contribution in [0.1, 0.15) is 0 Å². The minimum atomic E-state index is -0.650. The quantitative estimate of drug-likeness (QED) is 0.696. The molecule has 1 aromatic rings. The molecule has 0 aliphatic heterocycles. The average molecular weight is 208 g/mol. The maximum atomic E-state index is 12.5. The van der Waals surface area contributed by atoms with Gasteiger partial charge >= 0.3 is 6.09 Å². The molecule has 0 atom stereocenters. The average Bonchev–Trinajstić information content (AvgIpc) is 2.22. The van der Waals surface area contributed by atoms with Crippen LogP contribution >= 0.6 is 0 Å². The molecule has 0 bridgehead atoms. The van der Waals surface area contributed by atoms with Gasteiger partial charge in [0.05, 0.1) is 6.07 Å². The molecule has 0 spiro atoms. The second kappa shape index (κ2) is 4.96. The lowest BCUT2D eigenvalue weighted by molar-refractivity contribution is 0.168. The Hall–Kier alpha value is -2.09. The smallest absolute Gasteiger partial charge is 0.410 e. The Morgan fingerprint density at radius 2 is 2.13 bits per heavy atom. The van der Waals surface area contributed by atoms with E-state index in [0.29, 0.717) is 0 Å². The van der Waals surface area contributed by atoms with Crippen molar-refractivity contribution in [2.75, 3.05) is 13.6 Å². The molecule has 0 saturated heterocycles. The Morgan fingerprint density at radius 1 is 1.53 bits per heavy atom. The molecule has 1 amide bonds. The lowest BCUT2D eigenvalue weighted by Gasteiger charge is -2.12. The summed E-state index contributed by atoms with van der Waals surface area (Å²) in [5, 5.41) is 8.34. The van der Waals surface area contributed by atoms with Crippen LogP contribution in [-0.2, 0) is 0 Å². The lowest BCUT2D eigenvalue weighted by atomic mass is 10.3. The Balaban J connectivity index is 2.59. The van der Waals surface area contributed by atoms with E-state index < -0.39 is 11.9 Å². The van der Waals surface area contributed by atoms with Crippen molar-refractivity contribution < 1.29 is 13.9 Å². The Labute approximate surface area is 86.5 Å². The molecule has 5 heteroatoms. The fourth-order valence-corrected chi connectivity index (χ4v) is 0.852. The van der Waals surface area contributed by atoms with Gasteiger partial charge in [0, 0.05) is 7.05 Å². The van der Waals surface area contributed by atoms with Gasteiger partial charge in [-0.1, -0.05) is 0 Å². The number of rotatable bonds is 2. The third kappa shape index (κ3) is 3.27. The molecule has 0 fully saturated rings. The van der Waals surface area contributed by atoms with Gasteiger partial charge in [-0.3, -0.25) is 4.90 Å². The number of ether oxygens (including phenoxy) is 1. The molecule has 1 aromatic carbocycles. The van der Waals surface area contributed by atoms with E-state index in [4.69, 9.17) is 10.00 Å². The zero-order chi connectivity index (χ0) is 11.3. The monoisotopic (exact) mass is 208 g/mol. The SMILES string of the molecule is CN(CC#N)C(=O)Oc1ccc(F)cc1. The Kier molecular flexibility index (Phi) is 3.63. The number of carbonyl (C=O) groups excluding carboxylic acids is 1. The van der Waals surface area contributed by atoms with Crippen molar-refractivity contribution in [2.45, 2.75) is 0 Å². The predicted octanol–water partition coefficient (Wildman–Crippen LogP) is 1.78. The van der Waals surface area contributed by atoms with Crippen LogP contribution in [0.25, 0.3) is 0 Å². The molecule has 0 radical (unpaired) electrons. The van der Waals surface area contributed by atoms with E-state index in [1.165, 1.54) is 31.3 Å². The molecule has 0 unspecified atom stereocenters. The first-order valence-corrected chi connectivity index (χ1v) is 4.19. The summed E-state index contributed by atoms with van der Waals surface area (Å²) in [5.74, 6) is -0.161. The summed E-state index contributed by atoms with van der Waals surface area (Å²) in [7, 11) is 1.44. The molecule has 0 heterocycles. The van der Waals surface area contributed by atoms with Crippen molar-refractivity contribution in [2.24, 2.45) is 0 Å². The van der Waals surface area contributed by atoms with Crippen LogP contribution < -0.4 is 4.74 Å². The summed E-state index contributed by atoms with van der Waals surface area (Å²) < 4.78 is 17.4. The third-order valence-corrected chi connectivity index (χ3v) is 1.64. The second-order valence-electron chi connectivity index (χ2n) is 2.84. The van der Waals surface area contributed by atoms with Crippen molar-refractivity contribution in [1.29, 1.82) is 5.26 Å². The molecule has 0 saturated carbocycles. The van der Waals surface area contributed by atoms with Crippen LogP contribution in [-0.4, -0.2) is 24.6 Å². The largest absolute Gasteiger partial charge is 0.415 e. The molecule has 0 N–H and O–H groups in total. The number of nitriles is 1. The summed E-state index contributed by atoms with van der Waals surface area (Å²) in [6.45, 7) is -0.0555. The number of carbonyl (C=O) groups is 1. The molecule has 4 nitrogen and oxygen atoms in total. The van der Waals surface area contributed by atoms with Crippen LogP contribution in [0.3, 0.4) is 0 Å². The van der Waals surface area contributed by atoms with Gasteiger partial charge < -0.3 is 4.74 Å². The number of halogens is 1. The fourth-order valence-electron chi connectivity index (χ4n) is 0.852. The lowest BCUT2D eigenvalue weighted by Crippen LogP contribution is -2.29. The van der Waals surface area contributed by atoms with E-state index in [0.717, 1.165) is 4.90 Å². The van der Waals surface area contributed by atoms with E-state index in [9.17, 15) is 9.18 Å². The third-order valence-electron chi connectivity index (χ3n) is 1.64. The molecule has 0 aliphatic rings. The van der Waals surface area contributed by atoms with Crippen LogP contribution in [0.2, 0.25) is 0 Å². The van der Waals surface area contributed by atoms with Crippen LogP contribution in [0, 0.1) is 17.1 Å². The van der Waals surface area contributed by atoms with Gasteiger partial charge in [0.1, 0.15) is 18.1 Å². The second-order valence-corrected chi connectivity index (χ2v) is 2.84. The first kappa shape index (κ1) is 11.0. The highest BCUT2D eigenvalue weighted by molar-refractivity contribution is 5.70. The highest BCUT2D eigenvalue weighted by atomic mass is 19.1. The Morgan fingerprint density at radius 3 is 2.67 bits per heavy atom. The summed E-state index contributed by atoms with van der Waals surface area (Å²) in [5.41, 5.74) is 0. The minimum absolute atomic E-state index is 0.0555. The highest BCUT2D eigenvalue weighted by Gasteiger charge is 2.10. The molecular formula is C10H9FN2O2. The van der Waals surface area contributed by atoms with Gasteiger partial charge in [0.2, 0.25) is 0 Å². The summed E-state index contributed by atoms with van der Waals surface area (Å²) in [4.78, 5) is 12.4.